The summed E-state index contributed by atoms with van der Waals surface area (Å²) in [5.41, 5.74) is -5.84. The van der Waals surface area contributed by atoms with E-state index in [0.29, 0.717) is 37.0 Å². The van der Waals surface area contributed by atoms with Crippen molar-refractivity contribution in [3.05, 3.63) is 0 Å². The zero-order valence-electron chi connectivity index (χ0n) is 20.1. The van der Waals surface area contributed by atoms with Crippen LogP contribution in [0.2, 0.25) is 0 Å². The molecule has 0 radical (unpaired) electrons. The predicted molar refractivity (Wildman–Crippen MR) is 114 cm³/mol. The van der Waals surface area contributed by atoms with Gasteiger partial charge >= 0.3 is 12.4 Å². The Balaban J connectivity index is 1.65. The first kappa shape index (κ1) is 26.5. The van der Waals surface area contributed by atoms with Gasteiger partial charge in [-0.25, -0.2) is 4.89 Å². The number of hydrogen-bond acceptors (Lipinski definition) is 3. The highest BCUT2D eigenvalue weighted by molar-refractivity contribution is 5.09. The summed E-state index contributed by atoms with van der Waals surface area (Å²) in [4.78, 5) is 5.03. The second-order valence-electron chi connectivity index (χ2n) is 12.1. The van der Waals surface area contributed by atoms with Gasteiger partial charge in [0.2, 0.25) is 0 Å². The summed E-state index contributed by atoms with van der Waals surface area (Å²) in [7, 11) is 0. The van der Waals surface area contributed by atoms with Crippen LogP contribution in [-0.2, 0) is 9.62 Å². The highest BCUT2D eigenvalue weighted by Gasteiger charge is 2.75. The van der Waals surface area contributed by atoms with Crippen molar-refractivity contribution in [1.82, 2.24) is 0 Å². The van der Waals surface area contributed by atoms with Crippen molar-refractivity contribution in [3.8, 4) is 0 Å². The molecule has 5 aliphatic rings. The van der Waals surface area contributed by atoms with Gasteiger partial charge < -0.3 is 4.74 Å². The largest absolute Gasteiger partial charge is 0.426 e. The van der Waals surface area contributed by atoms with Crippen LogP contribution in [-0.4, -0.2) is 35.9 Å². The average Bonchev–Trinajstić information content (AvgIpc) is 2.72. The molecule has 3 nitrogen and oxygen atoms in total. The second kappa shape index (κ2) is 9.09. The second-order valence-corrected chi connectivity index (χ2v) is 12.1. The maximum atomic E-state index is 14.3. The first-order valence-electron chi connectivity index (χ1n) is 12.9. The van der Waals surface area contributed by atoms with Crippen molar-refractivity contribution in [1.29, 1.82) is 0 Å². The molecule has 0 heterocycles. The van der Waals surface area contributed by atoms with Gasteiger partial charge in [-0.2, -0.15) is 26.3 Å². The van der Waals surface area contributed by atoms with Gasteiger partial charge in [0.05, 0.1) is 6.61 Å². The molecular formula is C25H38F6O3. The highest BCUT2D eigenvalue weighted by Crippen LogP contribution is 2.64. The van der Waals surface area contributed by atoms with Crippen LogP contribution in [0.15, 0.2) is 0 Å². The molecule has 5 fully saturated rings. The van der Waals surface area contributed by atoms with E-state index in [9.17, 15) is 31.6 Å². The fourth-order valence-electron chi connectivity index (χ4n) is 8.53. The third-order valence-corrected chi connectivity index (χ3v) is 9.84. The summed E-state index contributed by atoms with van der Waals surface area (Å²) < 4.78 is 91.0. The van der Waals surface area contributed by atoms with E-state index in [1.54, 1.807) is 13.8 Å². The van der Waals surface area contributed by atoms with E-state index in [1.807, 2.05) is 0 Å². The van der Waals surface area contributed by atoms with Crippen LogP contribution in [0.1, 0.15) is 90.9 Å². The molecule has 4 bridgehead atoms. The van der Waals surface area contributed by atoms with Gasteiger partial charge in [-0.1, -0.05) is 33.1 Å². The van der Waals surface area contributed by atoms with Gasteiger partial charge in [-0.3, -0.25) is 5.26 Å². The lowest BCUT2D eigenvalue weighted by Crippen LogP contribution is -2.65. The minimum absolute atomic E-state index is 0.170. The highest BCUT2D eigenvalue weighted by atomic mass is 19.4. The lowest BCUT2D eigenvalue weighted by molar-refractivity contribution is -0.411. The molecule has 0 saturated heterocycles. The Morgan fingerprint density at radius 3 is 1.71 bits per heavy atom. The predicted octanol–water partition coefficient (Wildman–Crippen LogP) is 7.94. The Morgan fingerprint density at radius 1 is 0.853 bits per heavy atom. The smallest absolute Gasteiger partial charge is 0.357 e. The van der Waals surface area contributed by atoms with Crippen LogP contribution >= 0.6 is 0 Å². The topological polar surface area (TPSA) is 38.7 Å². The first-order valence-corrected chi connectivity index (χ1v) is 12.9. The van der Waals surface area contributed by atoms with Crippen molar-refractivity contribution in [2.75, 3.05) is 6.61 Å². The summed E-state index contributed by atoms with van der Waals surface area (Å²) in [5, 5.41) is 10.1. The zero-order valence-corrected chi connectivity index (χ0v) is 20.1. The Morgan fingerprint density at radius 2 is 1.32 bits per heavy atom. The molecule has 198 valence electrons. The minimum Gasteiger partial charge on any atom is -0.357 e. The van der Waals surface area contributed by atoms with E-state index in [1.165, 1.54) is 0 Å². The summed E-state index contributed by atoms with van der Waals surface area (Å²) in [6.45, 7) is 2.57. The van der Waals surface area contributed by atoms with E-state index in [2.05, 4.69) is 0 Å². The van der Waals surface area contributed by atoms with Gasteiger partial charge in [0.25, 0.3) is 5.60 Å². The van der Waals surface area contributed by atoms with Gasteiger partial charge in [0.1, 0.15) is 6.10 Å². The summed E-state index contributed by atoms with van der Waals surface area (Å²) >= 11 is 0. The van der Waals surface area contributed by atoms with Crippen molar-refractivity contribution >= 4 is 0 Å². The molecule has 34 heavy (non-hydrogen) atoms. The number of halogens is 6. The van der Waals surface area contributed by atoms with Gasteiger partial charge in [0, 0.05) is 16.7 Å². The minimum atomic E-state index is -5.60. The Hall–Kier alpha value is -0.540. The Labute approximate surface area is 197 Å². The maximum Gasteiger partial charge on any atom is 0.426 e. The van der Waals surface area contributed by atoms with E-state index in [0.717, 1.165) is 38.5 Å². The van der Waals surface area contributed by atoms with E-state index >= 15 is 0 Å². The molecule has 1 N–H and O–H groups in total. The zero-order chi connectivity index (χ0) is 25.0. The Bertz CT molecular complexity index is 665. The molecule has 0 spiro atoms. The average molecular weight is 501 g/mol. The van der Waals surface area contributed by atoms with Crippen molar-refractivity contribution < 1.29 is 41.2 Å². The first-order chi connectivity index (χ1) is 15.8. The van der Waals surface area contributed by atoms with Crippen LogP contribution in [0, 0.1) is 34.5 Å². The lowest BCUT2D eigenvalue weighted by atomic mass is 9.46. The third-order valence-electron chi connectivity index (χ3n) is 9.84. The SMILES string of the molecule is CCC(C)(COC(C1CCCCC1)(C(F)(F)F)C(F)(F)F)C(OO)C12CC3CC(CC(C3)C1)C2. The molecule has 5 saturated carbocycles. The number of alkyl halides is 6. The molecule has 0 aromatic heterocycles. The quantitative estimate of drug-likeness (QED) is 0.209. The van der Waals surface area contributed by atoms with Crippen LogP contribution in [0.3, 0.4) is 0 Å². The van der Waals surface area contributed by atoms with Crippen molar-refractivity contribution in [2.45, 2.75) is 115 Å². The van der Waals surface area contributed by atoms with Crippen LogP contribution in [0.4, 0.5) is 26.3 Å². The summed E-state index contributed by atoms with van der Waals surface area (Å²) in [5.74, 6) is -0.219. The molecule has 5 rings (SSSR count). The van der Waals surface area contributed by atoms with Crippen molar-refractivity contribution in [3.63, 3.8) is 0 Å². The maximum absolute atomic E-state index is 14.3. The molecular weight excluding hydrogens is 462 g/mol. The lowest BCUT2D eigenvalue weighted by Gasteiger charge is -2.61. The summed E-state index contributed by atoms with van der Waals surface area (Å²) in [6, 6.07) is 0. The fourth-order valence-corrected chi connectivity index (χ4v) is 8.53. The molecule has 2 unspecified atom stereocenters. The molecule has 0 amide bonds. The van der Waals surface area contributed by atoms with E-state index in [4.69, 9.17) is 9.62 Å². The van der Waals surface area contributed by atoms with Gasteiger partial charge in [-0.05, 0) is 75.5 Å². The molecule has 2 atom stereocenters. The third kappa shape index (κ3) is 4.29. The van der Waals surface area contributed by atoms with Crippen LogP contribution < -0.4 is 0 Å². The molecule has 9 heteroatoms. The van der Waals surface area contributed by atoms with Crippen LogP contribution in [0.5, 0.6) is 0 Å². The molecule has 0 aliphatic heterocycles. The molecule has 0 aromatic carbocycles. The molecule has 0 aromatic rings. The Kier molecular flexibility index (Phi) is 7.09. The normalized spacial score (nSPS) is 35.4. The number of rotatable bonds is 8. The monoisotopic (exact) mass is 500 g/mol. The molecule has 5 aliphatic carbocycles. The van der Waals surface area contributed by atoms with E-state index < -0.39 is 47.4 Å². The van der Waals surface area contributed by atoms with E-state index in [-0.39, 0.29) is 19.3 Å². The summed E-state index contributed by atoms with van der Waals surface area (Å²) in [6.07, 6.45) is -5.17. The van der Waals surface area contributed by atoms with Crippen LogP contribution in [0.25, 0.3) is 0 Å². The fraction of sp³-hybridized carbons (Fsp3) is 1.00. The van der Waals surface area contributed by atoms with Gasteiger partial charge in [0.15, 0.2) is 0 Å². The number of ether oxygens (including phenoxy) is 1. The number of hydrogen-bond donors (Lipinski definition) is 1. The van der Waals surface area contributed by atoms with Gasteiger partial charge in [-0.15, -0.1) is 0 Å². The van der Waals surface area contributed by atoms with Crippen molar-refractivity contribution in [2.24, 2.45) is 34.5 Å². The standard InChI is InChI=1S/C25H38F6O3/c1-3-21(2,20(34-32)22-12-16-9-17(13-22)11-18(10-16)14-22)15-33-23(24(26,27)28,25(29,30)31)19-7-5-4-6-8-19/h16-20,32H,3-15H2,1-2H3.